The standard InChI is InChI=1S/C38H20N6O2/c1-3-31-35(41-13-1)27-19-39-15-11-29(27)43(31)21-5-9-33-25(17-21)23-7-8-24-26-18-22(6-10-34(26)46-38(24)37(23)45-33)44-30-12-16-40-20-28(30)36-32(44)4-2-14-42-36/h1-20H. The van der Waals surface area contributed by atoms with Crippen LogP contribution in [-0.2, 0) is 0 Å². The molecule has 0 saturated heterocycles. The Labute approximate surface area is 258 Å². The van der Waals surface area contributed by atoms with E-state index in [-0.39, 0.29) is 0 Å². The Morgan fingerprint density at radius 3 is 1.43 bits per heavy atom. The fourth-order valence-electron chi connectivity index (χ4n) is 7.24. The summed E-state index contributed by atoms with van der Waals surface area (Å²) in [7, 11) is 0. The molecule has 0 spiro atoms. The van der Waals surface area contributed by atoms with Gasteiger partial charge < -0.3 is 18.0 Å². The molecule has 11 aromatic rings. The minimum Gasteiger partial charge on any atom is -0.452 e. The van der Waals surface area contributed by atoms with Gasteiger partial charge in [-0.25, -0.2) is 0 Å². The number of nitrogens with zero attached hydrogens (tertiary/aromatic N) is 6. The van der Waals surface area contributed by atoms with Crippen molar-refractivity contribution in [3.05, 3.63) is 122 Å². The Balaban J connectivity index is 1.13. The van der Waals surface area contributed by atoms with Crippen molar-refractivity contribution in [2.75, 3.05) is 0 Å². The molecule has 0 N–H and O–H groups in total. The fraction of sp³-hybridized carbons (Fsp3) is 0. The Kier molecular flexibility index (Phi) is 4.43. The van der Waals surface area contributed by atoms with Crippen molar-refractivity contribution in [1.29, 1.82) is 0 Å². The molecule has 0 aliphatic rings. The maximum absolute atomic E-state index is 6.51. The summed E-state index contributed by atoms with van der Waals surface area (Å²) in [5.74, 6) is 0. The van der Waals surface area contributed by atoms with E-state index < -0.39 is 0 Å². The second-order valence-electron chi connectivity index (χ2n) is 11.6. The smallest absolute Gasteiger partial charge is 0.178 e. The SMILES string of the molecule is c1cnc2c3cnccc3n(-c3ccc4oc5c(ccc6c7cc(-n8c9ccncc9c9ncccc98)ccc7oc65)c4c3)c2c1. The molecule has 46 heavy (non-hydrogen) atoms. The maximum Gasteiger partial charge on any atom is 0.178 e. The number of furan rings is 2. The van der Waals surface area contributed by atoms with E-state index in [1.165, 1.54) is 0 Å². The molecule has 0 atom stereocenters. The average Bonchev–Trinajstić information content (AvgIpc) is 3.85. The highest BCUT2D eigenvalue weighted by molar-refractivity contribution is 6.19. The molecule has 8 nitrogen and oxygen atoms in total. The average molecular weight is 593 g/mol. The van der Waals surface area contributed by atoms with Crippen LogP contribution in [0.15, 0.2) is 131 Å². The molecule has 0 fully saturated rings. The third-order valence-corrected chi connectivity index (χ3v) is 9.20. The molecule has 8 aromatic heterocycles. The molecule has 0 radical (unpaired) electrons. The van der Waals surface area contributed by atoms with Crippen molar-refractivity contribution in [3.8, 4) is 11.4 Å². The first-order chi connectivity index (χ1) is 22.8. The maximum atomic E-state index is 6.51. The van der Waals surface area contributed by atoms with E-state index in [1.54, 1.807) is 0 Å². The zero-order valence-corrected chi connectivity index (χ0v) is 24.0. The lowest BCUT2D eigenvalue weighted by Crippen LogP contribution is -1.93. The van der Waals surface area contributed by atoms with E-state index in [1.807, 2.05) is 73.6 Å². The molecule has 8 heterocycles. The highest BCUT2D eigenvalue weighted by Crippen LogP contribution is 2.41. The number of aromatic nitrogens is 6. The Hall–Kier alpha value is -6.54. The van der Waals surface area contributed by atoms with Crippen LogP contribution >= 0.6 is 0 Å². The van der Waals surface area contributed by atoms with Gasteiger partial charge in [-0.1, -0.05) is 0 Å². The Morgan fingerprint density at radius 1 is 0.435 bits per heavy atom. The number of fused-ring (bicyclic) bond motifs is 13. The van der Waals surface area contributed by atoms with E-state index in [0.717, 1.165) is 99.1 Å². The van der Waals surface area contributed by atoms with Crippen molar-refractivity contribution in [3.63, 3.8) is 0 Å². The zero-order valence-electron chi connectivity index (χ0n) is 24.0. The molecule has 0 aliphatic carbocycles. The van der Waals surface area contributed by atoms with Crippen molar-refractivity contribution in [2.24, 2.45) is 0 Å². The first kappa shape index (κ1) is 23.9. The van der Waals surface area contributed by atoms with E-state index in [9.17, 15) is 0 Å². The van der Waals surface area contributed by atoms with E-state index in [4.69, 9.17) is 8.83 Å². The third kappa shape index (κ3) is 3.02. The highest BCUT2D eigenvalue weighted by Gasteiger charge is 2.20. The molecule has 0 unspecified atom stereocenters. The molecule has 0 bridgehead atoms. The molecular formula is C38H20N6O2. The second-order valence-corrected chi connectivity index (χ2v) is 11.6. The van der Waals surface area contributed by atoms with Crippen LogP contribution in [0, 0.1) is 0 Å². The number of hydrogen-bond donors (Lipinski definition) is 0. The van der Waals surface area contributed by atoms with Gasteiger partial charge in [0.25, 0.3) is 0 Å². The number of rotatable bonds is 2. The van der Waals surface area contributed by atoms with Crippen molar-refractivity contribution >= 4 is 87.7 Å². The summed E-state index contributed by atoms with van der Waals surface area (Å²) in [5, 5.41) is 6.10. The van der Waals surface area contributed by atoms with Crippen molar-refractivity contribution < 1.29 is 8.83 Å². The van der Waals surface area contributed by atoms with Crippen LogP contribution in [0.3, 0.4) is 0 Å². The first-order valence-electron chi connectivity index (χ1n) is 15.0. The largest absolute Gasteiger partial charge is 0.452 e. The van der Waals surface area contributed by atoms with Gasteiger partial charge in [-0.3, -0.25) is 19.9 Å². The quantitative estimate of drug-likeness (QED) is 0.199. The van der Waals surface area contributed by atoms with Gasteiger partial charge in [0.05, 0.1) is 33.1 Å². The van der Waals surface area contributed by atoms with E-state index in [0.29, 0.717) is 0 Å². The minimum atomic E-state index is 0.739. The van der Waals surface area contributed by atoms with Gasteiger partial charge in [0.1, 0.15) is 11.2 Å². The lowest BCUT2D eigenvalue weighted by atomic mass is 10.1. The first-order valence-corrected chi connectivity index (χ1v) is 15.0. The molecule has 8 heteroatoms. The molecule has 11 rings (SSSR count). The highest BCUT2D eigenvalue weighted by atomic mass is 16.4. The predicted octanol–water partition coefficient (Wildman–Crippen LogP) is 9.26. The summed E-state index contributed by atoms with van der Waals surface area (Å²) < 4.78 is 17.5. The Bertz CT molecular complexity index is 2740. The lowest BCUT2D eigenvalue weighted by Gasteiger charge is -2.07. The summed E-state index contributed by atoms with van der Waals surface area (Å²) in [6.07, 6.45) is 11.1. The fourth-order valence-corrected chi connectivity index (χ4v) is 7.24. The Morgan fingerprint density at radius 2 is 0.935 bits per heavy atom. The lowest BCUT2D eigenvalue weighted by molar-refractivity contribution is 0.633. The van der Waals surface area contributed by atoms with Gasteiger partial charge in [0, 0.05) is 80.9 Å². The number of benzene rings is 3. The summed E-state index contributed by atoms with van der Waals surface area (Å²) in [6, 6.07) is 29.1. The molecule has 214 valence electrons. The topological polar surface area (TPSA) is 87.7 Å². The van der Waals surface area contributed by atoms with E-state index >= 15 is 0 Å². The summed E-state index contributed by atoms with van der Waals surface area (Å²) in [5.41, 5.74) is 11.2. The van der Waals surface area contributed by atoms with Gasteiger partial charge in [0.15, 0.2) is 11.2 Å². The minimum absolute atomic E-state index is 0.739. The van der Waals surface area contributed by atoms with Crippen LogP contribution in [0.25, 0.3) is 99.1 Å². The second kappa shape index (κ2) is 8.55. The summed E-state index contributed by atoms with van der Waals surface area (Å²) in [4.78, 5) is 18.1. The van der Waals surface area contributed by atoms with Gasteiger partial charge >= 0.3 is 0 Å². The van der Waals surface area contributed by atoms with Gasteiger partial charge in [-0.15, -0.1) is 0 Å². The van der Waals surface area contributed by atoms with Gasteiger partial charge in [0.2, 0.25) is 0 Å². The predicted molar refractivity (Wildman–Crippen MR) is 181 cm³/mol. The van der Waals surface area contributed by atoms with Crippen molar-refractivity contribution in [1.82, 2.24) is 29.1 Å². The number of pyridine rings is 4. The number of hydrogen-bond acceptors (Lipinski definition) is 6. The normalized spacial score (nSPS) is 12.3. The van der Waals surface area contributed by atoms with E-state index in [2.05, 4.69) is 77.6 Å². The zero-order chi connectivity index (χ0) is 29.9. The third-order valence-electron chi connectivity index (χ3n) is 9.20. The molecule has 0 amide bonds. The van der Waals surface area contributed by atoms with Crippen molar-refractivity contribution in [2.45, 2.75) is 0 Å². The molecular weight excluding hydrogens is 572 g/mol. The van der Waals surface area contributed by atoms with Gasteiger partial charge in [-0.05, 0) is 84.9 Å². The van der Waals surface area contributed by atoms with Crippen LogP contribution in [0.4, 0.5) is 0 Å². The van der Waals surface area contributed by atoms with Crippen LogP contribution in [0.1, 0.15) is 0 Å². The van der Waals surface area contributed by atoms with Gasteiger partial charge in [-0.2, -0.15) is 0 Å². The van der Waals surface area contributed by atoms with Crippen LogP contribution < -0.4 is 0 Å². The van der Waals surface area contributed by atoms with Crippen LogP contribution in [0.5, 0.6) is 0 Å². The van der Waals surface area contributed by atoms with Crippen LogP contribution in [0.2, 0.25) is 0 Å². The molecule has 3 aromatic carbocycles. The monoisotopic (exact) mass is 592 g/mol. The summed E-state index contributed by atoms with van der Waals surface area (Å²) >= 11 is 0. The van der Waals surface area contributed by atoms with Crippen LogP contribution in [-0.4, -0.2) is 29.1 Å². The molecule has 0 aliphatic heterocycles. The summed E-state index contributed by atoms with van der Waals surface area (Å²) in [6.45, 7) is 0. The molecule has 0 saturated carbocycles.